The zero-order valence-corrected chi connectivity index (χ0v) is 21.3. The fraction of sp³-hybridized carbons (Fsp3) is 0.312. The Labute approximate surface area is 213 Å². The van der Waals surface area contributed by atoms with Crippen LogP contribution in [-0.2, 0) is 5.41 Å². The van der Waals surface area contributed by atoms with E-state index in [2.05, 4.69) is 92.2 Å². The second-order valence-electron chi connectivity index (χ2n) is 10.7. The van der Waals surface area contributed by atoms with E-state index in [9.17, 15) is 10.2 Å². The van der Waals surface area contributed by atoms with E-state index < -0.39 is 24.0 Å². The average molecular weight is 477 g/mol. The van der Waals surface area contributed by atoms with Crippen LogP contribution in [0.5, 0.6) is 0 Å². The van der Waals surface area contributed by atoms with Gasteiger partial charge in [0.05, 0.1) is 0 Å². The fourth-order valence-electron chi connectivity index (χ4n) is 6.47. The van der Waals surface area contributed by atoms with E-state index in [4.69, 9.17) is 0 Å². The number of para-hydroxylation sites is 1. The van der Waals surface area contributed by atoms with Gasteiger partial charge >= 0.3 is 0 Å². The van der Waals surface area contributed by atoms with Crippen LogP contribution in [0.2, 0.25) is 0 Å². The Morgan fingerprint density at radius 2 is 1.53 bits per heavy atom. The van der Waals surface area contributed by atoms with Crippen molar-refractivity contribution in [1.82, 2.24) is 0 Å². The fourth-order valence-corrected chi connectivity index (χ4v) is 6.47. The highest BCUT2D eigenvalue weighted by molar-refractivity contribution is 5.94. The molecule has 0 saturated heterocycles. The summed E-state index contributed by atoms with van der Waals surface area (Å²) in [6.07, 6.45) is 6.13. The lowest BCUT2D eigenvalue weighted by molar-refractivity contribution is -0.550. The van der Waals surface area contributed by atoms with E-state index in [1.54, 1.807) is 0 Å². The van der Waals surface area contributed by atoms with Crippen molar-refractivity contribution in [3.05, 3.63) is 101 Å². The van der Waals surface area contributed by atoms with Crippen molar-refractivity contribution in [2.24, 2.45) is 11.8 Å². The van der Waals surface area contributed by atoms with Crippen LogP contribution >= 0.6 is 0 Å². The first kappa shape index (κ1) is 23.1. The van der Waals surface area contributed by atoms with E-state index in [0.717, 1.165) is 34.9 Å². The van der Waals surface area contributed by atoms with Gasteiger partial charge in [0.15, 0.2) is 0 Å². The molecule has 1 fully saturated rings. The summed E-state index contributed by atoms with van der Waals surface area (Å²) in [5, 5.41) is 29.3. The molecule has 0 aromatic heterocycles. The van der Waals surface area contributed by atoms with Gasteiger partial charge in [0.1, 0.15) is 0 Å². The molecule has 1 aliphatic carbocycles. The zero-order chi connectivity index (χ0) is 25.2. The van der Waals surface area contributed by atoms with E-state index in [-0.39, 0.29) is 5.41 Å². The van der Waals surface area contributed by atoms with Gasteiger partial charge in [-0.3, -0.25) is 0 Å². The van der Waals surface area contributed by atoms with Crippen LogP contribution in [0.25, 0.3) is 16.8 Å². The highest BCUT2D eigenvalue weighted by Gasteiger charge is 2.42. The summed E-state index contributed by atoms with van der Waals surface area (Å²) in [5.41, 5.74) is 6.40. The molecule has 2 unspecified atom stereocenters. The third-order valence-corrected chi connectivity index (χ3v) is 8.42. The molecule has 2 aliphatic heterocycles. The van der Waals surface area contributed by atoms with Crippen molar-refractivity contribution in [2.75, 3.05) is 23.4 Å². The molecule has 0 N–H and O–H groups in total. The molecule has 0 radical (unpaired) electrons. The summed E-state index contributed by atoms with van der Waals surface area (Å²) in [6, 6.07) is 21.0. The van der Waals surface area contributed by atoms with Crippen LogP contribution in [0.3, 0.4) is 0 Å². The van der Waals surface area contributed by atoms with Crippen molar-refractivity contribution in [1.29, 1.82) is 0 Å². The van der Waals surface area contributed by atoms with Gasteiger partial charge in [-0.15, -0.1) is 12.2 Å². The van der Waals surface area contributed by atoms with Gasteiger partial charge in [-0.2, -0.15) is 0 Å². The first-order chi connectivity index (χ1) is 17.3. The van der Waals surface area contributed by atoms with Crippen LogP contribution in [0.4, 0.5) is 11.4 Å². The van der Waals surface area contributed by atoms with Crippen LogP contribution < -0.4 is 20.0 Å². The molecule has 2 atom stereocenters. The molecule has 6 rings (SSSR count). The van der Waals surface area contributed by atoms with Gasteiger partial charge in [0.2, 0.25) is 0 Å². The van der Waals surface area contributed by atoms with E-state index in [0.29, 0.717) is 0 Å². The second kappa shape index (κ2) is 8.36. The number of allylic oxidation sites excluding steroid dienone is 2. The standard InChI is InChI=1S/C32H32N2O2/c1-5-34-22(16-14-21-11-7-9-13-26(21)34)18-24-30(35)25(31(24)36)19-28-32(2,3)29-23-12-8-6-10-20(23)15-17-27(29)33(28)4/h6-19,24-25,30-31H,5H2,1-4H3/q-2. The highest BCUT2D eigenvalue weighted by Crippen LogP contribution is 2.51. The molecule has 3 aromatic rings. The Morgan fingerprint density at radius 3 is 2.31 bits per heavy atom. The van der Waals surface area contributed by atoms with E-state index >= 15 is 0 Å². The Bertz CT molecular complexity index is 1420. The summed E-state index contributed by atoms with van der Waals surface area (Å²) in [7, 11) is 2.05. The van der Waals surface area contributed by atoms with Crippen molar-refractivity contribution in [3.8, 4) is 0 Å². The second-order valence-corrected chi connectivity index (χ2v) is 10.7. The molecule has 0 spiro atoms. The van der Waals surface area contributed by atoms with Crippen LogP contribution in [-0.4, -0.2) is 25.8 Å². The van der Waals surface area contributed by atoms with Gasteiger partial charge in [-0.05, 0) is 58.9 Å². The summed E-state index contributed by atoms with van der Waals surface area (Å²) < 4.78 is 0. The van der Waals surface area contributed by atoms with Gasteiger partial charge in [0.25, 0.3) is 0 Å². The number of likely N-dealkylation sites (N-methyl/N-ethyl adjacent to an activating group) is 2. The molecule has 4 nitrogen and oxygen atoms in total. The maximum absolute atomic E-state index is 13.4. The molecule has 4 heteroatoms. The summed E-state index contributed by atoms with van der Waals surface area (Å²) in [6.45, 7) is 7.29. The minimum absolute atomic E-state index is 0.289. The monoisotopic (exact) mass is 476 g/mol. The Kier molecular flexibility index (Phi) is 5.36. The minimum atomic E-state index is -0.943. The lowest BCUT2D eigenvalue weighted by atomic mass is 9.67. The largest absolute Gasteiger partial charge is 0.851 e. The Balaban J connectivity index is 1.30. The van der Waals surface area contributed by atoms with Gasteiger partial charge in [-0.25, -0.2) is 0 Å². The molecule has 184 valence electrons. The van der Waals surface area contributed by atoms with Crippen LogP contribution in [0, 0.1) is 11.8 Å². The highest BCUT2D eigenvalue weighted by atomic mass is 16.3. The predicted molar refractivity (Wildman–Crippen MR) is 145 cm³/mol. The number of nitrogens with zero attached hydrogens (tertiary/aromatic N) is 2. The molecule has 0 bridgehead atoms. The Hall–Kier alpha value is -3.34. The normalized spacial score (nSPS) is 28.5. The average Bonchev–Trinajstić information content (AvgIpc) is 3.09. The third-order valence-electron chi connectivity index (χ3n) is 8.42. The first-order valence-electron chi connectivity index (χ1n) is 12.9. The topological polar surface area (TPSA) is 52.6 Å². The number of hydrogen-bond donors (Lipinski definition) is 0. The summed E-state index contributed by atoms with van der Waals surface area (Å²) in [4.78, 5) is 4.36. The summed E-state index contributed by atoms with van der Waals surface area (Å²) in [5.74, 6) is -1.05. The molecule has 2 heterocycles. The summed E-state index contributed by atoms with van der Waals surface area (Å²) >= 11 is 0. The lowest BCUT2D eigenvalue weighted by Crippen LogP contribution is -2.66. The minimum Gasteiger partial charge on any atom is -0.851 e. The molecular weight excluding hydrogens is 444 g/mol. The van der Waals surface area contributed by atoms with Gasteiger partial charge in [-0.1, -0.05) is 80.6 Å². The number of benzene rings is 3. The van der Waals surface area contributed by atoms with E-state index in [1.165, 1.54) is 16.3 Å². The number of rotatable bonds is 3. The number of fused-ring (bicyclic) bond motifs is 4. The smallest absolute Gasteiger partial charge is 0.0484 e. The van der Waals surface area contributed by atoms with Gasteiger partial charge < -0.3 is 20.0 Å². The first-order valence-corrected chi connectivity index (χ1v) is 12.9. The molecule has 3 aliphatic rings. The lowest BCUT2D eigenvalue weighted by Gasteiger charge is -2.60. The molecule has 0 amide bonds. The van der Waals surface area contributed by atoms with Crippen LogP contribution in [0.15, 0.2) is 90.3 Å². The number of anilines is 2. The molecule has 3 aromatic carbocycles. The maximum atomic E-state index is 13.4. The van der Waals surface area contributed by atoms with E-state index in [1.807, 2.05) is 30.4 Å². The zero-order valence-electron chi connectivity index (χ0n) is 21.3. The molecular formula is C32H32N2O2-2. The predicted octanol–water partition coefficient (Wildman–Crippen LogP) is 4.59. The third kappa shape index (κ3) is 3.28. The van der Waals surface area contributed by atoms with Crippen molar-refractivity contribution in [3.63, 3.8) is 0 Å². The maximum Gasteiger partial charge on any atom is 0.0484 e. The molecule has 1 saturated carbocycles. The van der Waals surface area contributed by atoms with Crippen molar-refractivity contribution >= 4 is 28.2 Å². The van der Waals surface area contributed by atoms with Crippen molar-refractivity contribution < 1.29 is 10.2 Å². The Morgan fingerprint density at radius 1 is 0.833 bits per heavy atom. The molecule has 36 heavy (non-hydrogen) atoms. The quantitative estimate of drug-likeness (QED) is 0.555. The number of hydrogen-bond acceptors (Lipinski definition) is 4. The SMILES string of the molecule is CCN1C(=CC2C([O-])C(C=C3N(C)c4ccc5ccccc5c4C3(C)C)C2[O-])C=Cc2ccccc21. The van der Waals surface area contributed by atoms with Crippen molar-refractivity contribution in [2.45, 2.75) is 38.4 Å². The van der Waals surface area contributed by atoms with Gasteiger partial charge in [0, 0.05) is 41.8 Å². The van der Waals surface area contributed by atoms with Crippen LogP contribution in [0.1, 0.15) is 31.9 Å².